The highest BCUT2D eigenvalue weighted by atomic mass is 16.5. The van der Waals surface area contributed by atoms with Crippen molar-refractivity contribution < 1.29 is 14.3 Å². The van der Waals surface area contributed by atoms with Crippen molar-refractivity contribution in [2.75, 3.05) is 33.6 Å². The first-order valence-electron chi connectivity index (χ1n) is 8.15. The second-order valence-corrected chi connectivity index (χ2v) is 6.34. The molecule has 0 aliphatic rings. The van der Waals surface area contributed by atoms with Crippen molar-refractivity contribution >= 4 is 11.6 Å². The van der Waals surface area contributed by atoms with Gasteiger partial charge in [-0.2, -0.15) is 0 Å². The van der Waals surface area contributed by atoms with Crippen LogP contribution >= 0.6 is 0 Å². The maximum atomic E-state index is 12.2. The molecule has 26 heavy (non-hydrogen) atoms. The number of rotatable bonds is 6. The van der Waals surface area contributed by atoms with Crippen LogP contribution < -0.4 is 20.3 Å². The number of hydrogen-bond donors (Lipinski definition) is 1. The van der Waals surface area contributed by atoms with Gasteiger partial charge in [-0.05, 0) is 37.9 Å². The molecule has 2 rings (SSSR count). The molecule has 0 atom stereocenters. The van der Waals surface area contributed by atoms with Crippen molar-refractivity contribution in [2.45, 2.75) is 13.5 Å². The molecule has 1 N–H and O–H groups in total. The molecule has 1 amide bonds. The second-order valence-electron chi connectivity index (χ2n) is 6.34. The Labute approximate surface area is 153 Å². The van der Waals surface area contributed by atoms with Gasteiger partial charge >= 0.3 is 0 Å². The number of aromatic nitrogens is 1. The molecule has 0 bridgehead atoms. The molecule has 1 aromatic heterocycles. The average Bonchev–Trinajstić information content (AvgIpc) is 2.57. The normalized spacial score (nSPS) is 10.7. The molecule has 1 aromatic carbocycles. The van der Waals surface area contributed by atoms with Crippen molar-refractivity contribution in [2.24, 2.45) is 7.05 Å². The number of carbonyl (C=O) groups is 1. The largest absolute Gasteiger partial charge is 0.496 e. The van der Waals surface area contributed by atoms with Crippen LogP contribution in [0.25, 0.3) is 11.1 Å². The first-order chi connectivity index (χ1) is 12.3. The number of amides is 1. The maximum Gasteiger partial charge on any atom is 0.274 e. The first-order valence-corrected chi connectivity index (χ1v) is 8.15. The summed E-state index contributed by atoms with van der Waals surface area (Å²) in [5.41, 5.74) is 2.49. The standard InChI is InChI=1S/C19H25N3O4/c1-12(23)20-16-7-14(10-22(4)19(16)24)13-8-17(25-5)15(11-21(2)3)18(9-13)26-6/h7-10H,11H2,1-6H3,(H,20,23). The van der Waals surface area contributed by atoms with E-state index in [2.05, 4.69) is 5.32 Å². The lowest BCUT2D eigenvalue weighted by Crippen LogP contribution is -2.22. The van der Waals surface area contributed by atoms with E-state index in [9.17, 15) is 9.59 Å². The van der Waals surface area contributed by atoms with E-state index in [1.54, 1.807) is 33.5 Å². The SMILES string of the molecule is COc1cc(-c2cc(NC(C)=O)c(=O)n(C)c2)cc(OC)c1CN(C)C. The van der Waals surface area contributed by atoms with E-state index in [-0.39, 0.29) is 17.2 Å². The summed E-state index contributed by atoms with van der Waals surface area (Å²) in [6.45, 7) is 2.03. The Balaban J connectivity index is 2.63. The summed E-state index contributed by atoms with van der Waals surface area (Å²) in [5.74, 6) is 1.10. The number of aryl methyl sites for hydroxylation is 1. The highest BCUT2D eigenvalue weighted by Crippen LogP contribution is 2.36. The van der Waals surface area contributed by atoms with Gasteiger partial charge in [-0.1, -0.05) is 0 Å². The topological polar surface area (TPSA) is 72.8 Å². The summed E-state index contributed by atoms with van der Waals surface area (Å²) in [7, 11) is 8.81. The predicted molar refractivity (Wildman–Crippen MR) is 102 cm³/mol. The number of methoxy groups -OCH3 is 2. The molecule has 140 valence electrons. The van der Waals surface area contributed by atoms with Gasteiger partial charge in [-0.25, -0.2) is 0 Å². The zero-order valence-electron chi connectivity index (χ0n) is 16.0. The molecule has 0 saturated heterocycles. The van der Waals surface area contributed by atoms with Crippen LogP contribution in [0.2, 0.25) is 0 Å². The van der Waals surface area contributed by atoms with E-state index in [1.165, 1.54) is 11.5 Å². The molecule has 0 fully saturated rings. The maximum absolute atomic E-state index is 12.2. The number of nitrogens with one attached hydrogen (secondary N) is 1. The molecule has 2 aromatic rings. The molecule has 0 radical (unpaired) electrons. The van der Waals surface area contributed by atoms with Gasteiger partial charge in [0.05, 0.1) is 19.8 Å². The van der Waals surface area contributed by atoms with Crippen LogP contribution in [0.1, 0.15) is 12.5 Å². The van der Waals surface area contributed by atoms with Crippen LogP contribution in [0.4, 0.5) is 5.69 Å². The Morgan fingerprint density at radius 3 is 2.15 bits per heavy atom. The van der Waals surface area contributed by atoms with Crippen molar-refractivity contribution in [3.05, 3.63) is 40.3 Å². The third-order valence-corrected chi connectivity index (χ3v) is 3.91. The van der Waals surface area contributed by atoms with Gasteiger partial charge in [0.25, 0.3) is 5.56 Å². The fraction of sp³-hybridized carbons (Fsp3) is 0.368. The van der Waals surface area contributed by atoms with Crippen LogP contribution in [0, 0.1) is 0 Å². The Morgan fingerprint density at radius 2 is 1.69 bits per heavy atom. The van der Waals surface area contributed by atoms with Gasteiger partial charge < -0.3 is 24.3 Å². The number of ether oxygens (including phenoxy) is 2. The minimum atomic E-state index is -0.296. The van der Waals surface area contributed by atoms with Gasteiger partial charge in [0, 0.05) is 32.3 Å². The van der Waals surface area contributed by atoms with Gasteiger partial charge in [0.1, 0.15) is 17.2 Å². The van der Waals surface area contributed by atoms with Gasteiger partial charge in [-0.15, -0.1) is 0 Å². The van der Waals surface area contributed by atoms with Crippen LogP contribution in [0.15, 0.2) is 29.2 Å². The minimum absolute atomic E-state index is 0.229. The van der Waals surface area contributed by atoms with Gasteiger partial charge in [0.15, 0.2) is 0 Å². The number of hydrogen-bond acceptors (Lipinski definition) is 5. The molecule has 0 spiro atoms. The lowest BCUT2D eigenvalue weighted by molar-refractivity contribution is -0.114. The van der Waals surface area contributed by atoms with Crippen LogP contribution in [-0.2, 0) is 18.4 Å². The number of nitrogens with zero attached hydrogens (tertiary/aromatic N) is 2. The summed E-state index contributed by atoms with van der Waals surface area (Å²) in [4.78, 5) is 25.6. The zero-order valence-corrected chi connectivity index (χ0v) is 16.0. The lowest BCUT2D eigenvalue weighted by atomic mass is 10.0. The van der Waals surface area contributed by atoms with Crippen molar-refractivity contribution in [3.63, 3.8) is 0 Å². The number of carbonyl (C=O) groups excluding carboxylic acids is 1. The molecular formula is C19H25N3O4. The van der Waals surface area contributed by atoms with Gasteiger partial charge in [-0.3, -0.25) is 9.59 Å². The monoisotopic (exact) mass is 359 g/mol. The minimum Gasteiger partial charge on any atom is -0.496 e. The van der Waals surface area contributed by atoms with Crippen LogP contribution in [0.3, 0.4) is 0 Å². The summed E-state index contributed by atoms with van der Waals surface area (Å²) in [6.07, 6.45) is 1.72. The third kappa shape index (κ3) is 4.23. The smallest absolute Gasteiger partial charge is 0.274 e. The number of pyridine rings is 1. The number of benzene rings is 1. The Bertz CT molecular complexity index is 847. The molecule has 0 saturated carbocycles. The fourth-order valence-corrected chi connectivity index (χ4v) is 2.77. The van der Waals surface area contributed by atoms with Crippen molar-refractivity contribution in [1.29, 1.82) is 0 Å². The third-order valence-electron chi connectivity index (χ3n) is 3.91. The van der Waals surface area contributed by atoms with E-state index in [0.717, 1.165) is 16.7 Å². The molecular weight excluding hydrogens is 334 g/mol. The molecule has 7 nitrogen and oxygen atoms in total. The highest BCUT2D eigenvalue weighted by molar-refractivity contribution is 5.89. The van der Waals surface area contributed by atoms with E-state index in [0.29, 0.717) is 18.0 Å². The first kappa shape index (κ1) is 19.5. The van der Waals surface area contributed by atoms with E-state index in [4.69, 9.17) is 9.47 Å². The highest BCUT2D eigenvalue weighted by Gasteiger charge is 2.16. The van der Waals surface area contributed by atoms with Crippen LogP contribution in [-0.4, -0.2) is 43.7 Å². The number of anilines is 1. The molecule has 0 aliphatic heterocycles. The predicted octanol–water partition coefficient (Wildman–Crippen LogP) is 2.09. The second kappa shape index (κ2) is 8.05. The Morgan fingerprint density at radius 1 is 1.12 bits per heavy atom. The lowest BCUT2D eigenvalue weighted by Gasteiger charge is -2.19. The summed E-state index contributed by atoms with van der Waals surface area (Å²) in [6, 6.07) is 5.46. The molecule has 0 unspecified atom stereocenters. The molecule has 1 heterocycles. The van der Waals surface area contributed by atoms with Crippen LogP contribution in [0.5, 0.6) is 11.5 Å². The average molecular weight is 359 g/mol. The van der Waals surface area contributed by atoms with E-state index >= 15 is 0 Å². The quantitative estimate of drug-likeness (QED) is 0.855. The fourth-order valence-electron chi connectivity index (χ4n) is 2.77. The van der Waals surface area contributed by atoms with E-state index in [1.807, 2.05) is 31.1 Å². The van der Waals surface area contributed by atoms with E-state index < -0.39 is 0 Å². The Hall–Kier alpha value is -2.80. The van der Waals surface area contributed by atoms with Crippen molar-refractivity contribution in [3.8, 4) is 22.6 Å². The molecule has 7 heteroatoms. The molecule has 0 aliphatic carbocycles. The van der Waals surface area contributed by atoms with Gasteiger partial charge in [0.2, 0.25) is 5.91 Å². The summed E-state index contributed by atoms with van der Waals surface area (Å²) in [5, 5.41) is 2.58. The van der Waals surface area contributed by atoms with Crippen molar-refractivity contribution in [1.82, 2.24) is 9.47 Å². The zero-order chi connectivity index (χ0) is 19.4. The summed E-state index contributed by atoms with van der Waals surface area (Å²) < 4.78 is 12.5. The summed E-state index contributed by atoms with van der Waals surface area (Å²) >= 11 is 0. The Kier molecular flexibility index (Phi) is 6.05.